The van der Waals surface area contributed by atoms with E-state index in [1.165, 1.54) is 0 Å². The highest BCUT2D eigenvalue weighted by Crippen LogP contribution is 2.35. The third-order valence-corrected chi connectivity index (χ3v) is 5.07. The van der Waals surface area contributed by atoms with Crippen molar-refractivity contribution >= 4 is 17.7 Å². The minimum absolute atomic E-state index is 0.0734. The zero-order valence-corrected chi connectivity index (χ0v) is 13.5. The molecule has 1 aliphatic rings. The summed E-state index contributed by atoms with van der Waals surface area (Å²) in [6.07, 6.45) is 7.22. The van der Waals surface area contributed by atoms with Gasteiger partial charge in [0.15, 0.2) is 0 Å². The van der Waals surface area contributed by atoms with Crippen LogP contribution < -0.4 is 0 Å². The van der Waals surface area contributed by atoms with Gasteiger partial charge in [0.1, 0.15) is 5.76 Å². The largest absolute Gasteiger partial charge is 0.467 e. The Hall–Kier alpha value is -1.75. The summed E-state index contributed by atoms with van der Waals surface area (Å²) >= 11 is 1.56. The van der Waals surface area contributed by atoms with Gasteiger partial charge in [-0.3, -0.25) is 9.78 Å². The van der Waals surface area contributed by atoms with E-state index in [0.29, 0.717) is 11.7 Å². The molecule has 0 spiro atoms. The molecular weight excluding hydrogens is 296 g/mol. The number of carbonyl (C=O) groups excluding carboxylic acids is 1. The molecule has 0 N–H and O–H groups in total. The van der Waals surface area contributed by atoms with Gasteiger partial charge in [-0.1, -0.05) is 6.92 Å². The lowest BCUT2D eigenvalue weighted by Gasteiger charge is -2.37. The molecule has 0 radical (unpaired) electrons. The predicted molar refractivity (Wildman–Crippen MR) is 86.5 cm³/mol. The van der Waals surface area contributed by atoms with Crippen LogP contribution in [0.2, 0.25) is 0 Å². The maximum absolute atomic E-state index is 12.6. The first-order valence-electron chi connectivity index (χ1n) is 7.59. The Bertz CT molecular complexity index is 600. The first-order valence-corrected chi connectivity index (χ1v) is 8.58. The molecule has 3 rings (SSSR count). The minimum Gasteiger partial charge on any atom is -0.467 e. The van der Waals surface area contributed by atoms with Crippen molar-refractivity contribution in [3.05, 3.63) is 48.7 Å². The molecule has 0 bridgehead atoms. The molecule has 1 saturated heterocycles. The van der Waals surface area contributed by atoms with Crippen molar-refractivity contribution in [2.45, 2.75) is 30.7 Å². The van der Waals surface area contributed by atoms with Crippen LogP contribution in [0.3, 0.4) is 0 Å². The van der Waals surface area contributed by atoms with E-state index in [0.717, 1.165) is 30.0 Å². The van der Waals surface area contributed by atoms with Crippen molar-refractivity contribution in [2.24, 2.45) is 5.92 Å². The fourth-order valence-corrected chi connectivity index (χ4v) is 3.62. The van der Waals surface area contributed by atoms with Crippen LogP contribution in [0.5, 0.6) is 0 Å². The van der Waals surface area contributed by atoms with Gasteiger partial charge >= 0.3 is 0 Å². The highest BCUT2D eigenvalue weighted by molar-refractivity contribution is 8.00. The van der Waals surface area contributed by atoms with E-state index in [9.17, 15) is 4.79 Å². The Morgan fingerprint density at radius 1 is 1.41 bits per heavy atom. The molecule has 0 saturated carbocycles. The van der Waals surface area contributed by atoms with Crippen LogP contribution in [-0.4, -0.2) is 28.1 Å². The number of thioether (sulfide) groups is 1. The minimum atomic E-state index is 0.0734. The molecule has 0 aromatic carbocycles. The van der Waals surface area contributed by atoms with Crippen molar-refractivity contribution in [3.63, 3.8) is 0 Å². The Balaban J connectivity index is 1.67. The predicted octanol–water partition coefficient (Wildman–Crippen LogP) is 3.77. The van der Waals surface area contributed by atoms with E-state index < -0.39 is 0 Å². The van der Waals surface area contributed by atoms with Gasteiger partial charge in [-0.2, -0.15) is 0 Å². The van der Waals surface area contributed by atoms with E-state index >= 15 is 0 Å². The molecule has 116 valence electrons. The van der Waals surface area contributed by atoms with Crippen molar-refractivity contribution in [1.29, 1.82) is 0 Å². The normalized spacial score (nSPS) is 21.8. The highest BCUT2D eigenvalue weighted by atomic mass is 32.2. The smallest absolute Gasteiger partial charge is 0.233 e. The highest BCUT2D eigenvalue weighted by Gasteiger charge is 2.32. The van der Waals surface area contributed by atoms with E-state index in [1.54, 1.807) is 30.4 Å². The van der Waals surface area contributed by atoms with Crippen molar-refractivity contribution in [2.75, 3.05) is 12.3 Å². The molecule has 5 heteroatoms. The summed E-state index contributed by atoms with van der Waals surface area (Å²) in [4.78, 5) is 19.7. The first kappa shape index (κ1) is 15.2. The molecule has 4 nitrogen and oxygen atoms in total. The number of carbonyl (C=O) groups is 1. The van der Waals surface area contributed by atoms with Crippen LogP contribution >= 0.6 is 11.8 Å². The molecule has 2 aromatic rings. The molecule has 2 aromatic heterocycles. The van der Waals surface area contributed by atoms with Gasteiger partial charge in [0, 0.05) is 23.8 Å². The quantitative estimate of drug-likeness (QED) is 0.806. The molecule has 0 unspecified atom stereocenters. The lowest BCUT2D eigenvalue weighted by Crippen LogP contribution is -2.41. The van der Waals surface area contributed by atoms with Crippen LogP contribution in [0.25, 0.3) is 0 Å². The second-order valence-electron chi connectivity index (χ2n) is 5.72. The van der Waals surface area contributed by atoms with E-state index in [1.807, 2.05) is 29.2 Å². The van der Waals surface area contributed by atoms with Crippen molar-refractivity contribution in [1.82, 2.24) is 9.88 Å². The summed E-state index contributed by atoms with van der Waals surface area (Å²) in [7, 11) is 0. The molecule has 1 fully saturated rings. The third-order valence-electron chi connectivity index (χ3n) is 4.07. The van der Waals surface area contributed by atoms with Crippen molar-refractivity contribution in [3.8, 4) is 0 Å². The number of pyridine rings is 1. The summed E-state index contributed by atoms with van der Waals surface area (Å²) in [5, 5.41) is 0. The van der Waals surface area contributed by atoms with E-state index in [2.05, 4.69) is 11.9 Å². The molecule has 1 amide bonds. The number of hydrogen-bond donors (Lipinski definition) is 0. The topological polar surface area (TPSA) is 46.3 Å². The molecule has 22 heavy (non-hydrogen) atoms. The van der Waals surface area contributed by atoms with Crippen LogP contribution in [-0.2, 0) is 4.79 Å². The number of nitrogens with zero attached hydrogens (tertiary/aromatic N) is 2. The van der Waals surface area contributed by atoms with E-state index in [-0.39, 0.29) is 11.9 Å². The fourth-order valence-electron chi connectivity index (χ4n) is 2.85. The average molecular weight is 316 g/mol. The zero-order valence-electron chi connectivity index (χ0n) is 12.6. The third kappa shape index (κ3) is 3.53. The van der Waals surface area contributed by atoms with Gasteiger partial charge in [-0.25, -0.2) is 0 Å². The van der Waals surface area contributed by atoms with Gasteiger partial charge in [-0.15, -0.1) is 11.8 Å². The zero-order chi connectivity index (χ0) is 15.4. The summed E-state index contributed by atoms with van der Waals surface area (Å²) in [6, 6.07) is 7.80. The average Bonchev–Trinajstić information content (AvgIpc) is 3.08. The molecule has 1 aliphatic heterocycles. The fraction of sp³-hybridized carbons (Fsp3) is 0.412. The number of hydrogen-bond acceptors (Lipinski definition) is 4. The van der Waals surface area contributed by atoms with E-state index in [4.69, 9.17) is 4.42 Å². The van der Waals surface area contributed by atoms with Gasteiger partial charge in [-0.05, 0) is 43.0 Å². The molecule has 0 aliphatic carbocycles. The molecule has 3 heterocycles. The number of likely N-dealkylation sites (tertiary alicyclic amines) is 1. The Morgan fingerprint density at radius 2 is 2.23 bits per heavy atom. The monoisotopic (exact) mass is 316 g/mol. The summed E-state index contributed by atoms with van der Waals surface area (Å²) in [6.45, 7) is 3.05. The van der Waals surface area contributed by atoms with Gasteiger partial charge in [0.2, 0.25) is 5.91 Å². The molecule has 2 atom stereocenters. The van der Waals surface area contributed by atoms with Gasteiger partial charge < -0.3 is 9.32 Å². The summed E-state index contributed by atoms with van der Waals surface area (Å²) < 4.78 is 5.56. The Morgan fingerprint density at radius 3 is 2.95 bits per heavy atom. The van der Waals surface area contributed by atoms with Gasteiger partial charge in [0.05, 0.1) is 18.1 Å². The number of amides is 1. The van der Waals surface area contributed by atoms with Crippen LogP contribution in [0, 0.1) is 5.92 Å². The van der Waals surface area contributed by atoms with Crippen LogP contribution in [0.1, 0.15) is 31.6 Å². The Kier molecular flexibility index (Phi) is 4.83. The maximum atomic E-state index is 12.6. The first-order chi connectivity index (χ1) is 10.7. The second kappa shape index (κ2) is 7.01. The second-order valence-corrected chi connectivity index (χ2v) is 6.77. The lowest BCUT2D eigenvalue weighted by molar-refractivity contribution is -0.133. The van der Waals surface area contributed by atoms with Gasteiger partial charge in [0.25, 0.3) is 0 Å². The maximum Gasteiger partial charge on any atom is 0.233 e. The number of piperidine rings is 1. The number of furan rings is 1. The lowest BCUT2D eigenvalue weighted by atomic mass is 9.91. The van der Waals surface area contributed by atoms with Crippen LogP contribution in [0.4, 0.5) is 0 Å². The summed E-state index contributed by atoms with van der Waals surface area (Å²) in [5.74, 6) is 2.14. The van der Waals surface area contributed by atoms with Crippen LogP contribution in [0.15, 0.2) is 52.2 Å². The number of aromatic nitrogens is 1. The summed E-state index contributed by atoms with van der Waals surface area (Å²) in [5.41, 5.74) is 0. The SMILES string of the molecule is C[C@H]1CCN(C(=O)CSc2ccncc2)[C@@H](c2ccco2)C1. The number of rotatable bonds is 4. The standard InChI is InChI=1S/C17H20N2O2S/c1-13-6-9-19(15(11-13)16-3-2-10-21-16)17(20)12-22-14-4-7-18-8-5-14/h2-5,7-8,10,13,15H,6,9,11-12H2,1H3/t13-,15+/m0/s1. The molecular formula is C17H20N2O2S. The van der Waals surface area contributed by atoms with Crippen molar-refractivity contribution < 1.29 is 9.21 Å². The Labute approximate surface area is 134 Å².